The van der Waals surface area contributed by atoms with E-state index in [1.807, 2.05) is 0 Å². The van der Waals surface area contributed by atoms with Gasteiger partial charge in [-0.25, -0.2) is 0 Å². The van der Waals surface area contributed by atoms with Gasteiger partial charge in [-0.3, -0.25) is 9.78 Å². The molecule has 0 saturated heterocycles. The molecule has 0 bridgehead atoms. The van der Waals surface area contributed by atoms with E-state index in [0.717, 1.165) is 16.8 Å². The number of hydrogen-bond acceptors (Lipinski definition) is 3. The molecular formula is C33H35IrN2O2-. The second kappa shape index (κ2) is 12.1. The molecule has 0 aliphatic heterocycles. The summed E-state index contributed by atoms with van der Waals surface area (Å²) in [5.41, 5.74) is 8.15. The number of carbonyl (C=O) groups is 1. The zero-order valence-corrected chi connectivity index (χ0v) is 25.5. The van der Waals surface area contributed by atoms with Crippen molar-refractivity contribution in [2.45, 2.75) is 53.4 Å². The third-order valence-electron chi connectivity index (χ3n) is 6.61. The molecule has 0 atom stereocenters. The summed E-state index contributed by atoms with van der Waals surface area (Å²) >= 11 is 0. The van der Waals surface area contributed by atoms with Crippen molar-refractivity contribution < 1.29 is 30.0 Å². The van der Waals surface area contributed by atoms with Gasteiger partial charge in [-0.15, -0.1) is 34.9 Å². The fraction of sp³-hybridized carbons (Fsp3) is 0.273. The van der Waals surface area contributed by atoms with E-state index in [1.165, 1.54) is 58.2 Å². The zero-order chi connectivity index (χ0) is 26.9. The van der Waals surface area contributed by atoms with Crippen LogP contribution in [0.1, 0.15) is 64.5 Å². The molecule has 38 heavy (non-hydrogen) atoms. The predicted molar refractivity (Wildman–Crippen MR) is 155 cm³/mol. The van der Waals surface area contributed by atoms with E-state index in [0.29, 0.717) is 11.8 Å². The summed E-state index contributed by atoms with van der Waals surface area (Å²) in [5, 5.41) is 12.1. The van der Waals surface area contributed by atoms with Gasteiger partial charge in [0.15, 0.2) is 5.78 Å². The molecule has 3 aromatic carbocycles. The van der Waals surface area contributed by atoms with Crippen LogP contribution < -0.4 is 0 Å². The SMILES string of the molecule is CC(=O)/C=C(/C)O.CC(C)c1[c-]c(-c2nc3ccccc3c3c4ccccc4n(C)c23)cc(C(C)C)c1.[Ir]. The average Bonchev–Trinajstić information content (AvgIpc) is 3.16. The Hall–Kier alpha value is -3.27. The van der Waals surface area contributed by atoms with Gasteiger partial charge in [0, 0.05) is 66.1 Å². The first-order valence-corrected chi connectivity index (χ1v) is 12.8. The van der Waals surface area contributed by atoms with Gasteiger partial charge in [0.2, 0.25) is 0 Å². The first-order valence-electron chi connectivity index (χ1n) is 12.8. The number of carbonyl (C=O) groups excluding carboxylic acids is 1. The number of rotatable bonds is 4. The summed E-state index contributed by atoms with van der Waals surface area (Å²) in [4.78, 5) is 15.2. The molecule has 0 aliphatic carbocycles. The van der Waals surface area contributed by atoms with Gasteiger partial charge in [0.1, 0.15) is 0 Å². The summed E-state index contributed by atoms with van der Waals surface area (Å²) in [6.07, 6.45) is 1.17. The van der Waals surface area contributed by atoms with E-state index in [4.69, 9.17) is 10.1 Å². The molecule has 5 aromatic rings. The van der Waals surface area contributed by atoms with Crippen LogP contribution >= 0.6 is 0 Å². The van der Waals surface area contributed by atoms with Crippen LogP contribution in [0.15, 0.2) is 72.5 Å². The molecule has 4 nitrogen and oxygen atoms in total. The average molecular weight is 684 g/mol. The smallest absolute Gasteiger partial charge is 0.155 e. The Bertz CT molecular complexity index is 1610. The molecule has 2 aromatic heterocycles. The van der Waals surface area contributed by atoms with Crippen LogP contribution in [0.5, 0.6) is 0 Å². The molecule has 1 N–H and O–H groups in total. The Kier molecular flexibility index (Phi) is 9.30. The minimum atomic E-state index is -0.125. The van der Waals surface area contributed by atoms with Gasteiger partial charge in [0.05, 0.1) is 11.3 Å². The third kappa shape index (κ3) is 5.90. The molecule has 0 spiro atoms. The summed E-state index contributed by atoms with van der Waals surface area (Å²) in [5.74, 6) is 0.817. The number of aryl methyl sites for hydroxylation is 1. The maximum absolute atomic E-state index is 10.0. The number of benzene rings is 3. The standard InChI is InChI=1S/C28H27N2.C5H8O2.Ir/c1-17(2)19-14-20(18(3)4)16-21(15-19)27-28-26(22-10-6-8-12-24(22)29-27)23-11-7-9-13-25(23)30(28)5;1-4(6)3-5(2)7;/h6-15,17-18H,1-5H3;3,6H,1-2H3;/q-1;;/b;4-3-;. The number of nitrogens with zero attached hydrogens (tertiary/aromatic N) is 2. The van der Waals surface area contributed by atoms with Crippen LogP contribution in [-0.2, 0) is 31.9 Å². The van der Waals surface area contributed by atoms with Crippen LogP contribution in [-0.4, -0.2) is 20.4 Å². The molecule has 0 saturated carbocycles. The molecule has 0 unspecified atom stereocenters. The number of fused-ring (bicyclic) bond motifs is 5. The minimum Gasteiger partial charge on any atom is -0.512 e. The second-order valence-corrected chi connectivity index (χ2v) is 10.3. The fourth-order valence-electron chi connectivity index (χ4n) is 4.77. The normalized spacial score (nSPS) is 11.7. The van der Waals surface area contributed by atoms with Crippen LogP contribution in [0, 0.1) is 6.07 Å². The summed E-state index contributed by atoms with van der Waals surface area (Å²) in [6, 6.07) is 25.4. The Morgan fingerprint density at radius 2 is 1.58 bits per heavy atom. The van der Waals surface area contributed by atoms with Gasteiger partial charge in [-0.05, 0) is 37.8 Å². The van der Waals surface area contributed by atoms with Gasteiger partial charge >= 0.3 is 0 Å². The van der Waals surface area contributed by atoms with Crippen LogP contribution in [0.3, 0.4) is 0 Å². The monoisotopic (exact) mass is 684 g/mol. The molecule has 5 heteroatoms. The number of allylic oxidation sites excluding steroid dienone is 2. The largest absolute Gasteiger partial charge is 0.512 e. The predicted octanol–water partition coefficient (Wildman–Crippen LogP) is 8.63. The summed E-state index contributed by atoms with van der Waals surface area (Å²) in [6.45, 7) is 11.8. The molecule has 1 radical (unpaired) electrons. The topological polar surface area (TPSA) is 55.1 Å². The van der Waals surface area contributed by atoms with Crippen molar-refractivity contribution in [1.82, 2.24) is 9.55 Å². The van der Waals surface area contributed by atoms with Crippen molar-refractivity contribution >= 4 is 38.5 Å². The molecule has 199 valence electrons. The maximum atomic E-state index is 10.0. The van der Waals surface area contributed by atoms with Crippen molar-refractivity contribution in [2.75, 3.05) is 0 Å². The quantitative estimate of drug-likeness (QED) is 0.117. The molecule has 0 amide bonds. The number of aliphatic hydroxyl groups excluding tert-OH is 1. The van der Waals surface area contributed by atoms with Gasteiger partial charge in [-0.2, -0.15) is 0 Å². The van der Waals surface area contributed by atoms with Crippen LogP contribution in [0.25, 0.3) is 44.0 Å². The maximum Gasteiger partial charge on any atom is 0.155 e. The van der Waals surface area contributed by atoms with E-state index in [2.05, 4.69) is 106 Å². The van der Waals surface area contributed by atoms with Gasteiger partial charge in [-0.1, -0.05) is 64.1 Å². The molecular weight excluding hydrogens is 649 g/mol. The van der Waals surface area contributed by atoms with E-state index in [9.17, 15) is 4.79 Å². The van der Waals surface area contributed by atoms with Crippen molar-refractivity contribution in [2.24, 2.45) is 7.05 Å². The Morgan fingerprint density at radius 3 is 2.16 bits per heavy atom. The number of aromatic nitrogens is 2. The second-order valence-electron chi connectivity index (χ2n) is 10.3. The van der Waals surface area contributed by atoms with Crippen LogP contribution in [0.4, 0.5) is 0 Å². The van der Waals surface area contributed by atoms with Gasteiger partial charge in [0.25, 0.3) is 0 Å². The summed E-state index contributed by atoms with van der Waals surface area (Å²) in [7, 11) is 2.15. The Balaban J connectivity index is 0.000000444. The van der Waals surface area contributed by atoms with Crippen molar-refractivity contribution in [3.8, 4) is 11.3 Å². The van der Waals surface area contributed by atoms with E-state index >= 15 is 0 Å². The van der Waals surface area contributed by atoms with Gasteiger partial charge < -0.3 is 9.67 Å². The number of aliphatic hydroxyl groups is 1. The third-order valence-corrected chi connectivity index (χ3v) is 6.61. The number of ketones is 1. The number of para-hydroxylation sites is 2. The van der Waals surface area contributed by atoms with Crippen molar-refractivity contribution in [1.29, 1.82) is 0 Å². The zero-order valence-electron chi connectivity index (χ0n) is 23.1. The molecule has 0 fully saturated rings. The van der Waals surface area contributed by atoms with E-state index < -0.39 is 0 Å². The van der Waals surface area contributed by atoms with E-state index in [-0.39, 0.29) is 31.6 Å². The molecule has 5 rings (SSSR count). The van der Waals surface area contributed by atoms with E-state index in [1.54, 1.807) is 0 Å². The molecule has 0 aliphatic rings. The summed E-state index contributed by atoms with van der Waals surface area (Å²) < 4.78 is 2.30. The minimum absolute atomic E-state index is 0. The van der Waals surface area contributed by atoms with Crippen molar-refractivity contribution in [3.05, 3.63) is 89.7 Å². The first kappa shape index (κ1) is 29.3. The fourth-order valence-corrected chi connectivity index (χ4v) is 4.77. The first-order chi connectivity index (χ1) is 17.6. The number of hydrogen-bond donors (Lipinski definition) is 1. The Labute approximate surface area is 238 Å². The molecule has 2 heterocycles. The van der Waals surface area contributed by atoms with Crippen LogP contribution in [0.2, 0.25) is 0 Å². The van der Waals surface area contributed by atoms with Crippen molar-refractivity contribution in [3.63, 3.8) is 0 Å². The number of pyridine rings is 1. The Morgan fingerprint density at radius 1 is 0.947 bits per heavy atom.